The van der Waals surface area contributed by atoms with Crippen LogP contribution in [0.15, 0.2) is 5.11 Å². The van der Waals surface area contributed by atoms with E-state index in [9.17, 15) is 4.79 Å². The van der Waals surface area contributed by atoms with Crippen molar-refractivity contribution >= 4 is 5.91 Å². The van der Waals surface area contributed by atoms with Gasteiger partial charge in [0.15, 0.2) is 0 Å². The van der Waals surface area contributed by atoms with Gasteiger partial charge >= 0.3 is 0 Å². The summed E-state index contributed by atoms with van der Waals surface area (Å²) in [7, 11) is 3.03. The highest BCUT2D eigenvalue weighted by Crippen LogP contribution is 2.14. The average molecular weight is 214 g/mol. The molecule has 6 heteroatoms. The largest absolute Gasteiger partial charge is 0.275 e. The maximum Gasteiger partial charge on any atom is 0.248 e. The Morgan fingerprint density at radius 3 is 2.67 bits per heavy atom. The Labute approximate surface area is 89.8 Å². The van der Waals surface area contributed by atoms with E-state index in [1.165, 1.54) is 12.2 Å². The van der Waals surface area contributed by atoms with E-state index >= 15 is 0 Å². The zero-order valence-electron chi connectivity index (χ0n) is 9.67. The number of carbonyl (C=O) groups excluding carboxylic acids is 1. The predicted molar refractivity (Wildman–Crippen MR) is 56.7 cm³/mol. The van der Waals surface area contributed by atoms with Crippen LogP contribution in [0.25, 0.3) is 10.4 Å². The normalized spacial score (nSPS) is 13.9. The molecule has 0 aliphatic carbocycles. The van der Waals surface area contributed by atoms with Crippen molar-refractivity contribution in [1.82, 2.24) is 5.06 Å². The summed E-state index contributed by atoms with van der Waals surface area (Å²) in [6.07, 6.45) is 0.686. The summed E-state index contributed by atoms with van der Waals surface area (Å²) in [6.45, 7) is 4.21. The lowest BCUT2D eigenvalue weighted by molar-refractivity contribution is -0.173. The minimum atomic E-state index is -0.126. The number of hydroxylamine groups is 2. The lowest BCUT2D eigenvalue weighted by Gasteiger charge is -2.20. The van der Waals surface area contributed by atoms with Crippen molar-refractivity contribution in [2.24, 2.45) is 17.0 Å². The first-order chi connectivity index (χ1) is 7.02. The SMILES string of the molecule is CON(C)C(=O)[C@H](C)C[C@H](C)CN=[N+]=[N-]. The molecule has 0 aliphatic rings. The molecule has 0 rings (SSSR count). The Bertz CT molecular complexity index is 250. The fourth-order valence-electron chi connectivity index (χ4n) is 1.36. The van der Waals surface area contributed by atoms with E-state index in [4.69, 9.17) is 10.4 Å². The van der Waals surface area contributed by atoms with E-state index in [0.717, 1.165) is 0 Å². The van der Waals surface area contributed by atoms with E-state index < -0.39 is 0 Å². The van der Waals surface area contributed by atoms with E-state index in [1.54, 1.807) is 7.05 Å². The molecule has 2 atom stereocenters. The third-order valence-corrected chi connectivity index (χ3v) is 2.22. The minimum Gasteiger partial charge on any atom is -0.275 e. The molecular formula is C9H18N4O2. The zero-order chi connectivity index (χ0) is 11.8. The summed E-state index contributed by atoms with van der Waals surface area (Å²) in [4.78, 5) is 19.1. The molecule has 15 heavy (non-hydrogen) atoms. The Balaban J connectivity index is 4.05. The number of rotatable bonds is 6. The summed E-state index contributed by atoms with van der Waals surface area (Å²) in [5, 5.41) is 4.69. The van der Waals surface area contributed by atoms with Crippen LogP contribution in [-0.2, 0) is 9.63 Å². The van der Waals surface area contributed by atoms with Gasteiger partial charge in [-0.3, -0.25) is 9.63 Å². The smallest absolute Gasteiger partial charge is 0.248 e. The first-order valence-corrected chi connectivity index (χ1v) is 4.85. The highest BCUT2D eigenvalue weighted by atomic mass is 16.7. The van der Waals surface area contributed by atoms with Gasteiger partial charge in [0.1, 0.15) is 0 Å². The first kappa shape index (κ1) is 13.7. The molecule has 0 saturated heterocycles. The maximum absolute atomic E-state index is 11.6. The molecule has 1 amide bonds. The number of hydrogen-bond donors (Lipinski definition) is 0. The molecule has 6 nitrogen and oxygen atoms in total. The quantitative estimate of drug-likeness (QED) is 0.293. The summed E-state index contributed by atoms with van der Waals surface area (Å²) in [5.74, 6) is 0.00855. The molecule has 86 valence electrons. The first-order valence-electron chi connectivity index (χ1n) is 4.85. The lowest BCUT2D eigenvalue weighted by Crippen LogP contribution is -2.31. The van der Waals surface area contributed by atoms with Gasteiger partial charge in [-0.1, -0.05) is 19.0 Å². The third-order valence-electron chi connectivity index (χ3n) is 2.22. The Hall–Kier alpha value is -1.26. The summed E-state index contributed by atoms with van der Waals surface area (Å²) in [6, 6.07) is 0. The molecule has 0 fully saturated rings. The highest BCUT2D eigenvalue weighted by molar-refractivity contribution is 5.77. The number of azide groups is 1. The molecule has 0 heterocycles. The maximum atomic E-state index is 11.6. The van der Waals surface area contributed by atoms with E-state index in [2.05, 4.69) is 10.0 Å². The van der Waals surface area contributed by atoms with Gasteiger partial charge in [-0.2, -0.15) is 0 Å². The van der Waals surface area contributed by atoms with Crippen molar-refractivity contribution in [3.8, 4) is 0 Å². The molecule has 0 unspecified atom stereocenters. The van der Waals surface area contributed by atoms with Gasteiger partial charge in [-0.05, 0) is 17.9 Å². The third kappa shape index (κ3) is 5.24. The Morgan fingerprint density at radius 1 is 1.60 bits per heavy atom. The average Bonchev–Trinajstić information content (AvgIpc) is 2.23. The van der Waals surface area contributed by atoms with E-state index in [0.29, 0.717) is 13.0 Å². The van der Waals surface area contributed by atoms with Crippen molar-refractivity contribution in [1.29, 1.82) is 0 Å². The van der Waals surface area contributed by atoms with Gasteiger partial charge in [-0.25, -0.2) is 5.06 Å². The molecule has 0 bridgehead atoms. The molecule has 0 spiro atoms. The molecule has 0 saturated carbocycles. The van der Waals surface area contributed by atoms with Gasteiger partial charge in [0, 0.05) is 24.4 Å². The summed E-state index contributed by atoms with van der Waals surface area (Å²) >= 11 is 0. The van der Waals surface area contributed by atoms with Crippen molar-refractivity contribution in [2.45, 2.75) is 20.3 Å². The van der Waals surface area contributed by atoms with E-state index in [1.807, 2.05) is 13.8 Å². The van der Waals surface area contributed by atoms with Crippen molar-refractivity contribution < 1.29 is 9.63 Å². The van der Waals surface area contributed by atoms with Crippen LogP contribution in [0, 0.1) is 11.8 Å². The van der Waals surface area contributed by atoms with Crippen LogP contribution >= 0.6 is 0 Å². The molecule has 0 aromatic rings. The molecule has 0 N–H and O–H groups in total. The molecule has 0 aromatic heterocycles. The zero-order valence-corrected chi connectivity index (χ0v) is 9.67. The van der Waals surface area contributed by atoms with Crippen LogP contribution in [0.3, 0.4) is 0 Å². The number of nitrogens with zero attached hydrogens (tertiary/aromatic N) is 4. The molecule has 0 radical (unpaired) electrons. The van der Waals surface area contributed by atoms with Crippen LogP contribution in [0.4, 0.5) is 0 Å². The van der Waals surface area contributed by atoms with Crippen LogP contribution in [-0.4, -0.2) is 31.7 Å². The minimum absolute atomic E-state index is 0.0645. The van der Waals surface area contributed by atoms with Gasteiger partial charge in [0.25, 0.3) is 0 Å². The van der Waals surface area contributed by atoms with Crippen LogP contribution in [0.5, 0.6) is 0 Å². The van der Waals surface area contributed by atoms with Crippen LogP contribution in [0.2, 0.25) is 0 Å². The Morgan fingerprint density at radius 2 is 2.20 bits per heavy atom. The lowest BCUT2D eigenvalue weighted by atomic mass is 9.97. The van der Waals surface area contributed by atoms with Crippen molar-refractivity contribution in [2.75, 3.05) is 20.7 Å². The predicted octanol–water partition coefficient (Wildman–Crippen LogP) is 1.98. The second-order valence-corrected chi connectivity index (χ2v) is 3.67. The summed E-state index contributed by atoms with van der Waals surface area (Å²) in [5.41, 5.74) is 8.15. The fourth-order valence-corrected chi connectivity index (χ4v) is 1.36. The molecule has 0 aromatic carbocycles. The van der Waals surface area contributed by atoms with Gasteiger partial charge in [0.2, 0.25) is 5.91 Å². The summed E-state index contributed by atoms with van der Waals surface area (Å²) < 4.78 is 0. The van der Waals surface area contributed by atoms with Crippen LogP contribution < -0.4 is 0 Å². The molecular weight excluding hydrogens is 196 g/mol. The van der Waals surface area contributed by atoms with E-state index in [-0.39, 0.29) is 17.7 Å². The second-order valence-electron chi connectivity index (χ2n) is 3.67. The topological polar surface area (TPSA) is 78.3 Å². The number of amides is 1. The van der Waals surface area contributed by atoms with Gasteiger partial charge in [-0.15, -0.1) is 0 Å². The highest BCUT2D eigenvalue weighted by Gasteiger charge is 2.19. The van der Waals surface area contributed by atoms with Gasteiger partial charge < -0.3 is 0 Å². The number of hydrogen-bond acceptors (Lipinski definition) is 3. The molecule has 0 aliphatic heterocycles. The Kier molecular flexibility index (Phi) is 6.49. The van der Waals surface area contributed by atoms with Crippen LogP contribution in [0.1, 0.15) is 20.3 Å². The number of carbonyl (C=O) groups is 1. The van der Waals surface area contributed by atoms with Gasteiger partial charge in [0.05, 0.1) is 7.11 Å². The van der Waals surface area contributed by atoms with Crippen molar-refractivity contribution in [3.63, 3.8) is 0 Å². The fraction of sp³-hybridized carbons (Fsp3) is 0.889. The second kappa shape index (κ2) is 7.09. The standard InChI is InChI=1S/C9H18N4O2/c1-7(6-11-12-10)5-8(2)9(14)13(3)15-4/h7-8H,5-6H2,1-4H3/t7-,8+/m0/s1. The van der Waals surface area contributed by atoms with Crippen molar-refractivity contribution in [3.05, 3.63) is 10.4 Å². The monoisotopic (exact) mass is 214 g/mol.